The van der Waals surface area contributed by atoms with Gasteiger partial charge in [0.1, 0.15) is 5.01 Å². The molecule has 0 radical (unpaired) electrons. The molecule has 5 heteroatoms. The van der Waals surface area contributed by atoms with Crippen LogP contribution >= 0.6 is 11.3 Å². The quantitative estimate of drug-likeness (QED) is 0.886. The average Bonchev–Trinajstić information content (AvgIpc) is 2.78. The van der Waals surface area contributed by atoms with E-state index in [0.717, 1.165) is 10.6 Å². The molecule has 0 aliphatic carbocycles. The number of hydrogen-bond acceptors (Lipinski definition) is 4. The molecular formula is C11H11N3OS. The van der Waals surface area contributed by atoms with E-state index in [1.54, 1.807) is 6.92 Å². The summed E-state index contributed by atoms with van der Waals surface area (Å²) in [6.45, 7) is 1.80. The topological polar surface area (TPSA) is 54.9 Å². The largest absolute Gasteiger partial charge is 0.301 e. The van der Waals surface area contributed by atoms with Gasteiger partial charge in [0.05, 0.1) is 0 Å². The van der Waals surface area contributed by atoms with Crippen LogP contribution in [0.4, 0.5) is 5.13 Å². The lowest BCUT2D eigenvalue weighted by Crippen LogP contribution is -2.08. The van der Waals surface area contributed by atoms with Gasteiger partial charge < -0.3 is 5.32 Å². The minimum absolute atomic E-state index is 0.0456. The molecule has 1 amide bonds. The lowest BCUT2D eigenvalue weighted by atomic mass is 10.2. The van der Waals surface area contributed by atoms with Gasteiger partial charge in [-0.3, -0.25) is 4.79 Å². The maximum Gasteiger partial charge on any atom is 0.225 e. The monoisotopic (exact) mass is 233 g/mol. The fraction of sp³-hybridized carbons (Fsp3) is 0.182. The molecule has 2 rings (SSSR count). The van der Waals surface area contributed by atoms with Crippen molar-refractivity contribution in [3.8, 4) is 10.6 Å². The molecule has 1 heterocycles. The van der Waals surface area contributed by atoms with Crippen molar-refractivity contribution in [2.45, 2.75) is 13.3 Å². The van der Waals surface area contributed by atoms with Gasteiger partial charge in [-0.2, -0.15) is 0 Å². The molecule has 1 N–H and O–H groups in total. The first-order chi connectivity index (χ1) is 7.79. The second-order valence-electron chi connectivity index (χ2n) is 3.18. The molecule has 1 aromatic carbocycles. The number of carbonyl (C=O) groups excluding carboxylic acids is 1. The Balaban J connectivity index is 2.17. The van der Waals surface area contributed by atoms with E-state index < -0.39 is 0 Å². The van der Waals surface area contributed by atoms with Crippen LogP contribution in [0.15, 0.2) is 30.3 Å². The molecule has 0 fully saturated rings. The number of nitrogens with zero attached hydrogens (tertiary/aromatic N) is 2. The normalized spacial score (nSPS) is 10.1. The van der Waals surface area contributed by atoms with Crippen LogP contribution in [0.2, 0.25) is 0 Å². The lowest BCUT2D eigenvalue weighted by Gasteiger charge is -1.95. The van der Waals surface area contributed by atoms with E-state index in [1.807, 2.05) is 30.3 Å². The van der Waals surface area contributed by atoms with Crippen LogP contribution in [0.3, 0.4) is 0 Å². The highest BCUT2D eigenvalue weighted by Gasteiger charge is 2.07. The third-order valence-electron chi connectivity index (χ3n) is 2.01. The predicted octanol–water partition coefficient (Wildman–Crippen LogP) is 2.55. The maximum atomic E-state index is 11.2. The van der Waals surface area contributed by atoms with E-state index in [4.69, 9.17) is 0 Å². The van der Waals surface area contributed by atoms with Gasteiger partial charge >= 0.3 is 0 Å². The molecule has 16 heavy (non-hydrogen) atoms. The highest BCUT2D eigenvalue weighted by atomic mass is 32.1. The first-order valence-corrected chi connectivity index (χ1v) is 5.80. The van der Waals surface area contributed by atoms with Crippen LogP contribution in [0.1, 0.15) is 13.3 Å². The van der Waals surface area contributed by atoms with Crippen LogP contribution in [-0.4, -0.2) is 16.1 Å². The van der Waals surface area contributed by atoms with Crippen LogP contribution < -0.4 is 5.32 Å². The van der Waals surface area contributed by atoms with E-state index in [1.165, 1.54) is 11.3 Å². The predicted molar refractivity (Wildman–Crippen MR) is 64.3 cm³/mol. The first kappa shape index (κ1) is 10.8. The van der Waals surface area contributed by atoms with Crippen molar-refractivity contribution in [2.24, 2.45) is 0 Å². The fourth-order valence-electron chi connectivity index (χ4n) is 1.18. The van der Waals surface area contributed by atoms with E-state index in [2.05, 4.69) is 15.5 Å². The third-order valence-corrected chi connectivity index (χ3v) is 2.90. The summed E-state index contributed by atoms with van der Waals surface area (Å²) in [5.74, 6) is -0.0456. The molecule has 2 aromatic rings. The Morgan fingerprint density at radius 1 is 1.31 bits per heavy atom. The zero-order valence-electron chi connectivity index (χ0n) is 8.80. The molecule has 0 aliphatic heterocycles. The zero-order chi connectivity index (χ0) is 11.4. The third kappa shape index (κ3) is 2.43. The summed E-state index contributed by atoms with van der Waals surface area (Å²) in [7, 11) is 0. The SMILES string of the molecule is CCC(=O)Nc1nnc(-c2ccccc2)s1. The van der Waals surface area contributed by atoms with Gasteiger partial charge in [-0.05, 0) is 0 Å². The van der Waals surface area contributed by atoms with Crippen molar-refractivity contribution in [2.75, 3.05) is 5.32 Å². The van der Waals surface area contributed by atoms with E-state index in [0.29, 0.717) is 11.6 Å². The second kappa shape index (κ2) is 4.85. The standard InChI is InChI=1S/C11H11N3OS/c1-2-9(15)12-11-14-13-10(16-11)8-6-4-3-5-7-8/h3-7H,2H2,1H3,(H,12,14,15). The number of nitrogens with one attached hydrogen (secondary N) is 1. The number of carbonyl (C=O) groups is 1. The van der Waals surface area contributed by atoms with Crippen molar-refractivity contribution < 1.29 is 4.79 Å². The second-order valence-corrected chi connectivity index (χ2v) is 4.16. The highest BCUT2D eigenvalue weighted by Crippen LogP contribution is 2.25. The smallest absolute Gasteiger partial charge is 0.225 e. The van der Waals surface area contributed by atoms with Gasteiger partial charge in [0.25, 0.3) is 0 Å². The molecule has 0 unspecified atom stereocenters. The van der Waals surface area contributed by atoms with Crippen molar-refractivity contribution in [1.82, 2.24) is 10.2 Å². The molecule has 0 aliphatic rings. The van der Waals surface area contributed by atoms with Gasteiger partial charge in [-0.25, -0.2) is 0 Å². The fourth-order valence-corrected chi connectivity index (χ4v) is 1.94. The van der Waals surface area contributed by atoms with E-state index >= 15 is 0 Å². The molecule has 0 atom stereocenters. The van der Waals surface area contributed by atoms with E-state index in [9.17, 15) is 4.79 Å². The van der Waals surface area contributed by atoms with Crippen molar-refractivity contribution in [1.29, 1.82) is 0 Å². The summed E-state index contributed by atoms with van der Waals surface area (Å²) in [5.41, 5.74) is 1.01. The zero-order valence-corrected chi connectivity index (χ0v) is 9.62. The molecule has 4 nitrogen and oxygen atoms in total. The van der Waals surface area contributed by atoms with Gasteiger partial charge in [-0.1, -0.05) is 48.6 Å². The van der Waals surface area contributed by atoms with Crippen LogP contribution in [-0.2, 0) is 4.79 Å². The Labute approximate surface area is 97.3 Å². The minimum atomic E-state index is -0.0456. The number of benzene rings is 1. The molecule has 82 valence electrons. The Hall–Kier alpha value is -1.75. The first-order valence-electron chi connectivity index (χ1n) is 4.98. The Morgan fingerprint density at radius 3 is 2.75 bits per heavy atom. The van der Waals surface area contributed by atoms with Crippen molar-refractivity contribution >= 4 is 22.4 Å². The van der Waals surface area contributed by atoms with Crippen molar-refractivity contribution in [3.63, 3.8) is 0 Å². The molecule has 1 aromatic heterocycles. The van der Waals surface area contributed by atoms with Crippen LogP contribution in [0, 0.1) is 0 Å². The van der Waals surface area contributed by atoms with Gasteiger partial charge in [0, 0.05) is 12.0 Å². The van der Waals surface area contributed by atoms with Gasteiger partial charge in [-0.15, -0.1) is 10.2 Å². The number of rotatable bonds is 3. The molecule has 0 saturated carbocycles. The summed E-state index contributed by atoms with van der Waals surface area (Å²) >= 11 is 1.38. The summed E-state index contributed by atoms with van der Waals surface area (Å²) < 4.78 is 0. The van der Waals surface area contributed by atoms with Crippen LogP contribution in [0.5, 0.6) is 0 Å². The Kier molecular flexibility index (Phi) is 3.26. The number of hydrogen-bond donors (Lipinski definition) is 1. The Morgan fingerprint density at radius 2 is 2.06 bits per heavy atom. The van der Waals surface area contributed by atoms with Crippen LogP contribution in [0.25, 0.3) is 10.6 Å². The Bertz CT molecular complexity index is 481. The highest BCUT2D eigenvalue weighted by molar-refractivity contribution is 7.18. The molecule has 0 bridgehead atoms. The van der Waals surface area contributed by atoms with Gasteiger partial charge in [0.2, 0.25) is 11.0 Å². The molecule has 0 spiro atoms. The van der Waals surface area contributed by atoms with E-state index in [-0.39, 0.29) is 5.91 Å². The summed E-state index contributed by atoms with van der Waals surface area (Å²) in [4.78, 5) is 11.2. The molecule has 0 saturated heterocycles. The molecular weight excluding hydrogens is 222 g/mol. The average molecular weight is 233 g/mol. The van der Waals surface area contributed by atoms with Crippen molar-refractivity contribution in [3.05, 3.63) is 30.3 Å². The minimum Gasteiger partial charge on any atom is -0.301 e. The summed E-state index contributed by atoms with van der Waals surface area (Å²) in [6.07, 6.45) is 0.445. The number of aromatic nitrogens is 2. The van der Waals surface area contributed by atoms with Gasteiger partial charge in [0.15, 0.2) is 0 Å². The lowest BCUT2D eigenvalue weighted by molar-refractivity contribution is -0.115. The number of anilines is 1. The number of amides is 1. The summed E-state index contributed by atoms with van der Waals surface area (Å²) in [6, 6.07) is 9.77. The maximum absolute atomic E-state index is 11.2. The summed E-state index contributed by atoms with van der Waals surface area (Å²) in [5, 5.41) is 12.0.